The van der Waals surface area contributed by atoms with Crippen LogP contribution in [0.1, 0.15) is 0 Å². The first-order valence-electron chi connectivity index (χ1n) is 7.61. The van der Waals surface area contributed by atoms with Gasteiger partial charge in [0.15, 0.2) is 16.3 Å². The topological polar surface area (TPSA) is 77.3 Å². The van der Waals surface area contributed by atoms with Gasteiger partial charge in [0.2, 0.25) is 5.13 Å². The fraction of sp³-hybridized carbons (Fsp3) is 0.0556. The van der Waals surface area contributed by atoms with E-state index in [2.05, 4.69) is 31.4 Å². The van der Waals surface area contributed by atoms with Gasteiger partial charge in [-0.15, -0.1) is 10.2 Å². The lowest BCUT2D eigenvalue weighted by Crippen LogP contribution is -2.03. The van der Waals surface area contributed by atoms with Crippen LogP contribution in [0.3, 0.4) is 0 Å². The fourth-order valence-electron chi connectivity index (χ4n) is 2.47. The van der Waals surface area contributed by atoms with Gasteiger partial charge in [0.1, 0.15) is 0 Å². The average molecular weight is 430 g/mol. The normalized spacial score (nSPS) is 10.8. The van der Waals surface area contributed by atoms with Crippen molar-refractivity contribution >= 4 is 49.1 Å². The molecule has 0 spiro atoms. The maximum Gasteiger partial charge on any atom is 0.346 e. The summed E-state index contributed by atoms with van der Waals surface area (Å²) in [4.78, 5) is 12.4. The van der Waals surface area contributed by atoms with Gasteiger partial charge >= 0.3 is 5.63 Å². The molecule has 0 unspecified atom stereocenters. The zero-order valence-corrected chi connectivity index (χ0v) is 15.9. The molecule has 0 saturated heterocycles. The Bertz CT molecular complexity index is 1140. The number of aromatic nitrogens is 2. The Morgan fingerprint density at radius 1 is 1.15 bits per heavy atom. The highest BCUT2D eigenvalue weighted by Gasteiger charge is 2.15. The van der Waals surface area contributed by atoms with Gasteiger partial charge in [-0.2, -0.15) is 0 Å². The number of nitrogens with zero attached hydrogens (tertiary/aromatic N) is 2. The molecule has 26 heavy (non-hydrogen) atoms. The van der Waals surface area contributed by atoms with E-state index in [0.29, 0.717) is 27.0 Å². The molecule has 130 valence electrons. The third kappa shape index (κ3) is 3.21. The van der Waals surface area contributed by atoms with Crippen LogP contribution in [0.4, 0.5) is 10.8 Å². The summed E-state index contributed by atoms with van der Waals surface area (Å²) in [6, 6.07) is 14.9. The molecule has 4 aromatic rings. The molecule has 0 bridgehead atoms. The molecule has 0 saturated carbocycles. The van der Waals surface area contributed by atoms with E-state index in [4.69, 9.17) is 9.15 Å². The van der Waals surface area contributed by atoms with Crippen LogP contribution in [-0.4, -0.2) is 17.3 Å². The molecule has 1 N–H and O–H groups in total. The monoisotopic (exact) mass is 429 g/mol. The molecule has 0 amide bonds. The number of nitrogens with one attached hydrogen (secondary N) is 1. The largest absolute Gasteiger partial charge is 0.493 e. The molecule has 6 nitrogen and oxygen atoms in total. The number of anilines is 2. The lowest BCUT2D eigenvalue weighted by Gasteiger charge is -2.04. The first kappa shape index (κ1) is 16.7. The lowest BCUT2D eigenvalue weighted by molar-refractivity contribution is 0.407. The molecule has 2 aromatic heterocycles. The number of para-hydroxylation sites is 1. The molecule has 2 heterocycles. The van der Waals surface area contributed by atoms with Crippen LogP contribution in [-0.2, 0) is 0 Å². The van der Waals surface area contributed by atoms with Crippen molar-refractivity contribution < 1.29 is 9.15 Å². The molecule has 2 aromatic carbocycles. The number of hydrogen-bond donors (Lipinski definition) is 1. The van der Waals surface area contributed by atoms with Crippen LogP contribution >= 0.6 is 27.3 Å². The summed E-state index contributed by atoms with van der Waals surface area (Å²) >= 11 is 4.68. The van der Waals surface area contributed by atoms with E-state index in [1.807, 2.05) is 36.4 Å². The second-order valence-electron chi connectivity index (χ2n) is 5.37. The minimum atomic E-state index is -0.478. The summed E-state index contributed by atoms with van der Waals surface area (Å²) in [5.74, 6) is 0.515. The van der Waals surface area contributed by atoms with Crippen LogP contribution in [0.25, 0.3) is 21.5 Å². The molecular weight excluding hydrogens is 418 g/mol. The number of hydrogen-bond acceptors (Lipinski definition) is 7. The minimum absolute atomic E-state index is 0.368. The second-order valence-corrected chi connectivity index (χ2v) is 7.26. The van der Waals surface area contributed by atoms with E-state index >= 15 is 0 Å². The zero-order valence-electron chi connectivity index (χ0n) is 13.5. The molecule has 0 aliphatic rings. The summed E-state index contributed by atoms with van der Waals surface area (Å²) in [6.45, 7) is 0. The number of ether oxygens (including phenoxy) is 1. The highest BCUT2D eigenvalue weighted by atomic mass is 79.9. The molecular formula is C18H12BrN3O3S. The summed E-state index contributed by atoms with van der Waals surface area (Å²) in [5, 5.41) is 13.2. The van der Waals surface area contributed by atoms with Crippen LogP contribution in [0.2, 0.25) is 0 Å². The third-order valence-corrected chi connectivity index (χ3v) is 5.10. The highest BCUT2D eigenvalue weighted by molar-refractivity contribution is 9.10. The molecule has 4 rings (SSSR count). The van der Waals surface area contributed by atoms with Gasteiger partial charge < -0.3 is 14.5 Å². The van der Waals surface area contributed by atoms with Crippen LogP contribution in [0, 0.1) is 0 Å². The number of rotatable bonds is 4. The minimum Gasteiger partial charge on any atom is -0.493 e. The summed E-state index contributed by atoms with van der Waals surface area (Å²) in [7, 11) is 1.54. The van der Waals surface area contributed by atoms with Gasteiger partial charge in [0, 0.05) is 15.5 Å². The second kappa shape index (κ2) is 6.89. The summed E-state index contributed by atoms with van der Waals surface area (Å²) in [5.41, 5.74) is 1.19. The Morgan fingerprint density at radius 3 is 2.73 bits per heavy atom. The van der Waals surface area contributed by atoms with Gasteiger partial charge in [-0.25, -0.2) is 4.79 Å². The Hall–Kier alpha value is -2.71. The van der Waals surface area contributed by atoms with Gasteiger partial charge in [-0.3, -0.25) is 0 Å². The maximum atomic E-state index is 12.4. The summed E-state index contributed by atoms with van der Waals surface area (Å²) < 4.78 is 11.7. The Kier molecular flexibility index (Phi) is 4.44. The lowest BCUT2D eigenvalue weighted by atomic mass is 10.2. The predicted molar refractivity (Wildman–Crippen MR) is 105 cm³/mol. The third-order valence-electron chi connectivity index (χ3n) is 3.69. The van der Waals surface area contributed by atoms with Crippen molar-refractivity contribution in [3.8, 4) is 16.3 Å². The van der Waals surface area contributed by atoms with Gasteiger partial charge in [0.05, 0.1) is 12.7 Å². The smallest absolute Gasteiger partial charge is 0.346 e. The quantitative estimate of drug-likeness (QED) is 0.468. The Balaban J connectivity index is 1.70. The summed E-state index contributed by atoms with van der Waals surface area (Å²) in [6.07, 6.45) is 0. The van der Waals surface area contributed by atoms with Crippen molar-refractivity contribution in [1.29, 1.82) is 0 Å². The SMILES string of the molecule is COc1cccc2cc(-c3nnc(Nc4ccc(Br)cc4)s3)c(=O)oc12. The van der Waals surface area contributed by atoms with Crippen molar-refractivity contribution in [2.45, 2.75) is 0 Å². The predicted octanol–water partition coefficient (Wildman–Crippen LogP) is 4.83. The number of methoxy groups -OCH3 is 1. The molecule has 0 radical (unpaired) electrons. The van der Waals surface area contributed by atoms with E-state index in [0.717, 1.165) is 15.5 Å². The van der Waals surface area contributed by atoms with Crippen molar-refractivity contribution in [3.05, 3.63) is 63.4 Å². The van der Waals surface area contributed by atoms with Crippen molar-refractivity contribution in [2.75, 3.05) is 12.4 Å². The maximum absolute atomic E-state index is 12.4. The number of halogens is 1. The first-order chi connectivity index (χ1) is 12.6. The fourth-order valence-corrected chi connectivity index (χ4v) is 3.50. The van der Waals surface area contributed by atoms with E-state index in [9.17, 15) is 4.79 Å². The van der Waals surface area contributed by atoms with Gasteiger partial charge in [0.25, 0.3) is 0 Å². The molecule has 0 aliphatic carbocycles. The number of fused-ring (bicyclic) bond motifs is 1. The van der Waals surface area contributed by atoms with Crippen LogP contribution < -0.4 is 15.7 Å². The zero-order chi connectivity index (χ0) is 18.1. The highest BCUT2D eigenvalue weighted by Crippen LogP contribution is 2.30. The van der Waals surface area contributed by atoms with E-state index < -0.39 is 5.63 Å². The standard InChI is InChI=1S/C18H12BrN3O3S/c1-24-14-4-2-3-10-9-13(17(23)25-15(10)14)16-21-22-18(26-16)20-12-7-5-11(19)6-8-12/h2-9H,1H3,(H,20,22). The van der Waals surface area contributed by atoms with Gasteiger partial charge in [-0.05, 0) is 36.4 Å². The van der Waals surface area contributed by atoms with E-state index in [1.165, 1.54) is 18.4 Å². The Morgan fingerprint density at radius 2 is 1.96 bits per heavy atom. The first-order valence-corrected chi connectivity index (χ1v) is 9.22. The molecule has 0 aliphatic heterocycles. The molecule has 0 atom stereocenters. The van der Waals surface area contributed by atoms with E-state index in [-0.39, 0.29) is 0 Å². The van der Waals surface area contributed by atoms with Crippen molar-refractivity contribution in [2.24, 2.45) is 0 Å². The van der Waals surface area contributed by atoms with Crippen molar-refractivity contribution in [1.82, 2.24) is 10.2 Å². The van der Waals surface area contributed by atoms with Gasteiger partial charge in [-0.1, -0.05) is 39.4 Å². The average Bonchev–Trinajstić information content (AvgIpc) is 3.11. The van der Waals surface area contributed by atoms with Crippen LogP contribution in [0.15, 0.2) is 62.2 Å². The van der Waals surface area contributed by atoms with Crippen molar-refractivity contribution in [3.63, 3.8) is 0 Å². The molecule has 0 fully saturated rings. The Labute approximate surface area is 160 Å². The van der Waals surface area contributed by atoms with E-state index in [1.54, 1.807) is 12.1 Å². The van der Waals surface area contributed by atoms with Crippen LogP contribution in [0.5, 0.6) is 5.75 Å². The molecule has 8 heteroatoms. The number of benzene rings is 2.